The highest BCUT2D eigenvalue weighted by Gasteiger charge is 2.59. The molecule has 1 N–H and O–H groups in total. The number of thioether (sulfide) groups is 1. The van der Waals surface area contributed by atoms with Gasteiger partial charge in [0, 0.05) is 10.6 Å². The van der Waals surface area contributed by atoms with Crippen LogP contribution in [0.15, 0.2) is 65.6 Å². The topological polar surface area (TPSA) is 74.2 Å². The van der Waals surface area contributed by atoms with Crippen LogP contribution >= 0.6 is 11.8 Å². The number of hydrogen-bond donors (Lipinski definition) is 1. The molecule has 1 saturated heterocycles. The predicted octanol–water partition coefficient (Wildman–Crippen LogP) is 4.75. The summed E-state index contributed by atoms with van der Waals surface area (Å²) < 4.78 is 5.81. The van der Waals surface area contributed by atoms with Crippen molar-refractivity contribution in [1.29, 1.82) is 0 Å². The summed E-state index contributed by atoms with van der Waals surface area (Å²) in [6, 6.07) is 18.9. The number of carbonyl (C=O) groups excluding carboxylic acids is 1. The van der Waals surface area contributed by atoms with Crippen LogP contribution in [-0.4, -0.2) is 40.4 Å². The minimum Gasteiger partial charge on any atom is -0.455 e. The molecule has 1 saturated carbocycles. The fourth-order valence-corrected chi connectivity index (χ4v) is 5.18. The molecule has 1 aliphatic carbocycles. The molecule has 5 atom stereocenters. The van der Waals surface area contributed by atoms with E-state index in [9.17, 15) is 10.1 Å². The first-order chi connectivity index (χ1) is 14.4. The molecule has 0 amide bonds. The Hall–Kier alpha value is -1.90. The van der Waals surface area contributed by atoms with Crippen molar-refractivity contribution in [1.82, 2.24) is 0 Å². The van der Waals surface area contributed by atoms with Gasteiger partial charge in [-0.2, -0.15) is 0 Å². The van der Waals surface area contributed by atoms with Crippen molar-refractivity contribution >= 4 is 17.7 Å². The molecule has 1 heterocycles. The summed E-state index contributed by atoms with van der Waals surface area (Å²) >= 11 is 1.69. The summed E-state index contributed by atoms with van der Waals surface area (Å²) in [7, 11) is 0. The highest BCUT2D eigenvalue weighted by molar-refractivity contribution is 7.99. The standard InChI is InChI=1S/C23H26O6S/c1-22(15-30-18-11-7-4-8-12-18)17-13-19(23(2,28-25)20(14-17)27-29-22)26-21(24)16-9-5-3-6-10-16/h3-12,17,19-20,25H,13-15H2,1-2H3/t17-,19-,20-,22?,23-/m0/s1. The molecule has 6 nitrogen and oxygen atoms in total. The monoisotopic (exact) mass is 430 g/mol. The lowest BCUT2D eigenvalue weighted by molar-refractivity contribution is -0.478. The molecule has 0 spiro atoms. The largest absolute Gasteiger partial charge is 0.455 e. The maximum atomic E-state index is 12.7. The van der Waals surface area contributed by atoms with E-state index in [0.29, 0.717) is 24.2 Å². The fraction of sp³-hybridized carbons (Fsp3) is 0.435. The van der Waals surface area contributed by atoms with Crippen LogP contribution in [0.5, 0.6) is 0 Å². The first kappa shape index (κ1) is 21.3. The molecule has 2 aromatic rings. The smallest absolute Gasteiger partial charge is 0.338 e. The molecule has 30 heavy (non-hydrogen) atoms. The molecule has 2 fully saturated rings. The van der Waals surface area contributed by atoms with Gasteiger partial charge in [-0.05, 0) is 56.9 Å². The molecule has 2 bridgehead atoms. The molecule has 7 heteroatoms. The molecule has 1 aliphatic heterocycles. The average Bonchev–Trinajstić information content (AvgIpc) is 2.79. The van der Waals surface area contributed by atoms with Gasteiger partial charge < -0.3 is 4.74 Å². The summed E-state index contributed by atoms with van der Waals surface area (Å²) in [6.07, 6.45) is -0.0857. The van der Waals surface area contributed by atoms with Gasteiger partial charge in [0.1, 0.15) is 17.8 Å². The van der Waals surface area contributed by atoms with Crippen molar-refractivity contribution in [3.63, 3.8) is 0 Å². The highest BCUT2D eigenvalue weighted by atomic mass is 32.2. The van der Waals surface area contributed by atoms with E-state index in [0.717, 1.165) is 4.90 Å². The fourth-order valence-electron chi connectivity index (χ4n) is 4.10. The van der Waals surface area contributed by atoms with Gasteiger partial charge in [0.05, 0.1) is 5.56 Å². The second-order valence-corrected chi connectivity index (χ2v) is 9.33. The third kappa shape index (κ3) is 4.13. The quantitative estimate of drug-likeness (QED) is 0.307. The van der Waals surface area contributed by atoms with Crippen molar-refractivity contribution < 1.29 is 29.5 Å². The van der Waals surface area contributed by atoms with Gasteiger partial charge in [-0.25, -0.2) is 19.5 Å². The third-order valence-corrected chi connectivity index (χ3v) is 7.54. The summed E-state index contributed by atoms with van der Waals surface area (Å²) in [6.45, 7) is 3.70. The zero-order chi connectivity index (χ0) is 21.2. The first-order valence-electron chi connectivity index (χ1n) is 10.1. The lowest BCUT2D eigenvalue weighted by Crippen LogP contribution is -2.65. The van der Waals surface area contributed by atoms with Gasteiger partial charge in [0.15, 0.2) is 5.60 Å². The zero-order valence-electron chi connectivity index (χ0n) is 17.0. The summed E-state index contributed by atoms with van der Waals surface area (Å²) in [4.78, 5) is 30.2. The summed E-state index contributed by atoms with van der Waals surface area (Å²) in [5.74, 6) is 0.305. The first-order valence-corrected chi connectivity index (χ1v) is 11.0. The Labute approximate surface area is 180 Å². The van der Waals surface area contributed by atoms with E-state index in [2.05, 4.69) is 12.1 Å². The van der Waals surface area contributed by atoms with E-state index in [1.807, 2.05) is 31.2 Å². The normalized spacial score (nSPS) is 33.1. The van der Waals surface area contributed by atoms with E-state index >= 15 is 0 Å². The van der Waals surface area contributed by atoms with Gasteiger partial charge >= 0.3 is 5.97 Å². The van der Waals surface area contributed by atoms with Crippen LogP contribution in [0.1, 0.15) is 37.0 Å². The molecule has 2 aliphatic rings. The lowest BCUT2D eigenvalue weighted by Gasteiger charge is -2.53. The molecular weight excluding hydrogens is 404 g/mol. The van der Waals surface area contributed by atoms with E-state index < -0.39 is 29.4 Å². The van der Waals surface area contributed by atoms with Crippen molar-refractivity contribution in [3.05, 3.63) is 66.2 Å². The number of hydrogen-bond acceptors (Lipinski definition) is 7. The Kier molecular flexibility index (Phi) is 6.18. The second kappa shape index (κ2) is 8.69. The number of esters is 1. The van der Waals surface area contributed by atoms with Crippen LogP contribution in [0, 0.1) is 5.92 Å². The van der Waals surface area contributed by atoms with Crippen LogP contribution in [0.25, 0.3) is 0 Å². The molecule has 160 valence electrons. The maximum absolute atomic E-state index is 12.7. The van der Waals surface area contributed by atoms with Crippen molar-refractivity contribution in [3.8, 4) is 0 Å². The molecule has 0 radical (unpaired) electrons. The van der Waals surface area contributed by atoms with E-state index in [1.54, 1.807) is 43.0 Å². The Morgan fingerprint density at radius 1 is 1.10 bits per heavy atom. The summed E-state index contributed by atoms with van der Waals surface area (Å²) in [5, 5.41) is 9.67. The van der Waals surface area contributed by atoms with Crippen LogP contribution < -0.4 is 0 Å². The third-order valence-electron chi connectivity index (χ3n) is 6.22. The van der Waals surface area contributed by atoms with E-state index in [-0.39, 0.29) is 5.92 Å². The van der Waals surface area contributed by atoms with Crippen LogP contribution in [-0.2, 0) is 19.4 Å². The number of benzene rings is 2. The number of carbonyl (C=O) groups is 1. The van der Waals surface area contributed by atoms with Crippen molar-refractivity contribution in [2.45, 2.75) is 55.0 Å². The minimum atomic E-state index is -1.21. The zero-order valence-corrected chi connectivity index (χ0v) is 17.8. The van der Waals surface area contributed by atoms with Gasteiger partial charge in [-0.15, -0.1) is 11.8 Å². The number of fused-ring (bicyclic) bond motifs is 2. The van der Waals surface area contributed by atoms with Crippen molar-refractivity contribution in [2.24, 2.45) is 5.92 Å². The Morgan fingerprint density at radius 2 is 1.77 bits per heavy atom. The highest BCUT2D eigenvalue weighted by Crippen LogP contribution is 2.49. The average molecular weight is 431 g/mol. The van der Waals surface area contributed by atoms with Gasteiger partial charge in [0.25, 0.3) is 0 Å². The number of ether oxygens (including phenoxy) is 1. The SMILES string of the molecule is CC1(CSc2ccccc2)OO[C@H]2C[C@@H]1C[C@H](OC(=O)c1ccccc1)[C@]2(C)OO. The minimum absolute atomic E-state index is 0.0734. The molecule has 1 unspecified atom stereocenters. The molecule has 2 aromatic carbocycles. The van der Waals surface area contributed by atoms with Gasteiger partial charge in [-0.1, -0.05) is 36.4 Å². The summed E-state index contributed by atoms with van der Waals surface area (Å²) in [5.41, 5.74) is -1.33. The van der Waals surface area contributed by atoms with E-state index in [1.165, 1.54) is 0 Å². The van der Waals surface area contributed by atoms with Gasteiger partial charge in [-0.3, -0.25) is 5.26 Å². The Morgan fingerprint density at radius 3 is 2.43 bits per heavy atom. The lowest BCUT2D eigenvalue weighted by atomic mass is 9.69. The van der Waals surface area contributed by atoms with E-state index in [4.69, 9.17) is 19.4 Å². The molecule has 4 rings (SSSR count). The van der Waals surface area contributed by atoms with Gasteiger partial charge in [0.2, 0.25) is 0 Å². The van der Waals surface area contributed by atoms with Crippen LogP contribution in [0.3, 0.4) is 0 Å². The second-order valence-electron chi connectivity index (χ2n) is 8.29. The Balaban J connectivity index is 1.51. The molecular formula is C23H26O6S. The predicted molar refractivity (Wildman–Crippen MR) is 112 cm³/mol. The van der Waals surface area contributed by atoms with Crippen LogP contribution in [0.2, 0.25) is 0 Å². The maximum Gasteiger partial charge on any atom is 0.338 e. The number of rotatable bonds is 6. The Bertz CT molecular complexity index is 863. The van der Waals surface area contributed by atoms with Crippen molar-refractivity contribution in [2.75, 3.05) is 5.75 Å². The van der Waals surface area contributed by atoms with Crippen LogP contribution in [0.4, 0.5) is 0 Å². The molecule has 0 aromatic heterocycles.